The Bertz CT molecular complexity index is 743. The van der Waals surface area contributed by atoms with Gasteiger partial charge in [-0.05, 0) is 43.0 Å². The van der Waals surface area contributed by atoms with Crippen LogP contribution in [-0.4, -0.2) is 23.1 Å². The summed E-state index contributed by atoms with van der Waals surface area (Å²) in [5.74, 6) is 1.73. The molecule has 0 saturated carbocycles. The minimum atomic E-state index is -4.51. The zero-order valence-electron chi connectivity index (χ0n) is 13.6. The second kappa shape index (κ2) is 7.07. The molecule has 1 saturated heterocycles. The maximum atomic E-state index is 13.0. The van der Waals surface area contributed by atoms with Crippen LogP contribution in [0.15, 0.2) is 30.5 Å². The van der Waals surface area contributed by atoms with Gasteiger partial charge in [0.25, 0.3) is 0 Å². The van der Waals surface area contributed by atoms with Crippen LogP contribution in [0.2, 0.25) is 5.02 Å². The van der Waals surface area contributed by atoms with Crippen LogP contribution in [0.1, 0.15) is 25.3 Å². The molecular weight excluding hydrogens is 353 g/mol. The normalized spacial score (nSPS) is 16.1. The molecule has 0 atom stereocenters. The fourth-order valence-electron chi connectivity index (χ4n) is 2.77. The second-order valence-corrected chi connectivity index (χ2v) is 6.63. The number of hydrogen-bond acceptors (Lipinski definition) is 4. The highest BCUT2D eigenvalue weighted by Crippen LogP contribution is 2.36. The average Bonchev–Trinajstić information content (AvgIpc) is 2.56. The van der Waals surface area contributed by atoms with Gasteiger partial charge in [0, 0.05) is 25.0 Å². The molecule has 1 aromatic heterocycles. The van der Waals surface area contributed by atoms with Crippen LogP contribution in [-0.2, 0) is 6.18 Å². The smallest absolute Gasteiger partial charge is 0.356 e. The molecule has 0 bridgehead atoms. The van der Waals surface area contributed by atoms with Crippen LogP contribution in [0.5, 0.6) is 0 Å². The molecule has 2 heterocycles. The van der Waals surface area contributed by atoms with Gasteiger partial charge in [0.2, 0.25) is 5.95 Å². The van der Waals surface area contributed by atoms with E-state index in [1.54, 1.807) is 6.20 Å². The summed E-state index contributed by atoms with van der Waals surface area (Å²) >= 11 is 5.64. The molecule has 1 aliphatic rings. The van der Waals surface area contributed by atoms with E-state index in [2.05, 4.69) is 27.1 Å². The van der Waals surface area contributed by atoms with Crippen molar-refractivity contribution in [1.82, 2.24) is 9.97 Å². The van der Waals surface area contributed by atoms with E-state index in [-0.39, 0.29) is 16.7 Å². The third-order valence-electron chi connectivity index (χ3n) is 4.28. The zero-order chi connectivity index (χ0) is 18.0. The van der Waals surface area contributed by atoms with Crippen molar-refractivity contribution in [3.8, 4) is 0 Å². The molecular formula is C17H18ClF3N4. The van der Waals surface area contributed by atoms with Crippen LogP contribution >= 0.6 is 11.6 Å². The molecule has 0 radical (unpaired) electrons. The van der Waals surface area contributed by atoms with E-state index < -0.39 is 11.7 Å². The maximum absolute atomic E-state index is 13.0. The third-order valence-corrected chi connectivity index (χ3v) is 4.61. The van der Waals surface area contributed by atoms with E-state index in [1.165, 1.54) is 12.1 Å². The second-order valence-electron chi connectivity index (χ2n) is 6.23. The zero-order valence-corrected chi connectivity index (χ0v) is 14.4. The van der Waals surface area contributed by atoms with Gasteiger partial charge in [-0.25, -0.2) is 4.98 Å². The molecule has 0 unspecified atom stereocenters. The van der Waals surface area contributed by atoms with E-state index in [0.29, 0.717) is 5.92 Å². The fourth-order valence-corrected chi connectivity index (χ4v) is 3.00. The number of alkyl halides is 3. The minimum absolute atomic E-state index is 0.237. The van der Waals surface area contributed by atoms with E-state index in [9.17, 15) is 13.2 Å². The number of hydrogen-bond donors (Lipinski definition) is 1. The topological polar surface area (TPSA) is 41.1 Å². The molecule has 0 aliphatic carbocycles. The van der Waals surface area contributed by atoms with Crippen molar-refractivity contribution < 1.29 is 13.2 Å². The van der Waals surface area contributed by atoms with Gasteiger partial charge < -0.3 is 10.2 Å². The number of anilines is 3. The quantitative estimate of drug-likeness (QED) is 0.813. The van der Waals surface area contributed by atoms with Gasteiger partial charge in [-0.2, -0.15) is 18.2 Å². The Balaban J connectivity index is 1.79. The lowest BCUT2D eigenvalue weighted by Crippen LogP contribution is -2.33. The van der Waals surface area contributed by atoms with Gasteiger partial charge >= 0.3 is 6.18 Å². The Morgan fingerprint density at radius 2 is 1.92 bits per heavy atom. The number of rotatable bonds is 3. The highest BCUT2D eigenvalue weighted by atomic mass is 35.5. The van der Waals surface area contributed by atoms with Crippen molar-refractivity contribution in [2.45, 2.75) is 25.9 Å². The number of nitrogens with one attached hydrogen (secondary N) is 1. The first kappa shape index (κ1) is 17.8. The molecule has 1 aliphatic heterocycles. The Morgan fingerprint density at radius 1 is 1.20 bits per heavy atom. The molecule has 4 nitrogen and oxygen atoms in total. The molecule has 3 rings (SSSR count). The lowest BCUT2D eigenvalue weighted by Gasteiger charge is -2.31. The van der Waals surface area contributed by atoms with Crippen LogP contribution < -0.4 is 10.2 Å². The number of aromatic nitrogens is 2. The van der Waals surface area contributed by atoms with Gasteiger partial charge in [0.1, 0.15) is 5.82 Å². The molecule has 1 fully saturated rings. The van der Waals surface area contributed by atoms with E-state index in [1.807, 2.05) is 6.07 Å². The monoisotopic (exact) mass is 370 g/mol. The summed E-state index contributed by atoms with van der Waals surface area (Å²) in [5, 5.41) is 2.49. The van der Waals surface area contributed by atoms with Crippen LogP contribution in [0.4, 0.5) is 30.6 Å². The molecule has 25 heavy (non-hydrogen) atoms. The van der Waals surface area contributed by atoms with Crippen LogP contribution in [0.3, 0.4) is 0 Å². The third kappa shape index (κ3) is 4.34. The lowest BCUT2D eigenvalue weighted by molar-refractivity contribution is -0.137. The maximum Gasteiger partial charge on any atom is 0.417 e. The van der Waals surface area contributed by atoms with Gasteiger partial charge in [-0.15, -0.1) is 0 Å². The largest absolute Gasteiger partial charge is 0.417 e. The summed E-state index contributed by atoms with van der Waals surface area (Å²) in [6.07, 6.45) is -0.719. The fraction of sp³-hybridized carbons (Fsp3) is 0.412. The molecule has 0 spiro atoms. The predicted octanol–water partition coefficient (Wildman–Crippen LogP) is 5.13. The molecule has 134 valence electrons. The first-order chi connectivity index (χ1) is 11.8. The highest BCUT2D eigenvalue weighted by molar-refractivity contribution is 6.31. The first-order valence-corrected chi connectivity index (χ1v) is 8.42. The summed E-state index contributed by atoms with van der Waals surface area (Å²) in [7, 11) is 0. The van der Waals surface area contributed by atoms with Gasteiger partial charge in [-0.3, -0.25) is 0 Å². The van der Waals surface area contributed by atoms with Crippen LogP contribution in [0, 0.1) is 5.92 Å². The Morgan fingerprint density at radius 3 is 2.60 bits per heavy atom. The van der Waals surface area contributed by atoms with E-state index in [4.69, 9.17) is 11.6 Å². The Kier molecular flexibility index (Phi) is 5.03. The van der Waals surface area contributed by atoms with Crippen LogP contribution in [0.25, 0.3) is 0 Å². The molecule has 1 N–H and O–H groups in total. The molecule has 2 aromatic rings. The average molecular weight is 371 g/mol. The van der Waals surface area contributed by atoms with Gasteiger partial charge in [0.05, 0.1) is 10.6 Å². The molecule has 8 heteroatoms. The number of piperidine rings is 1. The summed E-state index contributed by atoms with van der Waals surface area (Å²) in [6.45, 7) is 4.05. The number of halogens is 4. The van der Waals surface area contributed by atoms with Crippen molar-refractivity contribution in [2.75, 3.05) is 23.3 Å². The minimum Gasteiger partial charge on any atom is -0.356 e. The Hall–Kier alpha value is -2.02. The van der Waals surface area contributed by atoms with Gasteiger partial charge in [0.15, 0.2) is 0 Å². The lowest BCUT2D eigenvalue weighted by atomic mass is 9.99. The van der Waals surface area contributed by atoms with Crippen molar-refractivity contribution in [2.24, 2.45) is 5.92 Å². The van der Waals surface area contributed by atoms with Crippen molar-refractivity contribution in [3.05, 3.63) is 41.0 Å². The van der Waals surface area contributed by atoms with E-state index >= 15 is 0 Å². The van der Waals surface area contributed by atoms with Crippen molar-refractivity contribution in [3.63, 3.8) is 0 Å². The predicted molar refractivity (Wildman–Crippen MR) is 92.4 cm³/mol. The summed E-state index contributed by atoms with van der Waals surface area (Å²) in [4.78, 5) is 10.7. The summed E-state index contributed by atoms with van der Waals surface area (Å²) in [5.41, 5.74) is -0.651. The van der Waals surface area contributed by atoms with Crippen molar-refractivity contribution in [1.29, 1.82) is 0 Å². The first-order valence-electron chi connectivity index (χ1n) is 8.04. The molecule has 1 aromatic carbocycles. The molecule has 0 amide bonds. The number of benzene rings is 1. The van der Waals surface area contributed by atoms with Gasteiger partial charge in [-0.1, -0.05) is 18.5 Å². The van der Waals surface area contributed by atoms with E-state index in [0.717, 1.165) is 37.8 Å². The summed E-state index contributed by atoms with van der Waals surface area (Å²) in [6, 6.07) is 5.45. The standard InChI is InChI=1S/C17H18ClF3N4/c1-11-5-8-25(9-6-11)15-4-7-22-16(24-15)23-12-2-3-14(18)13(10-12)17(19,20)21/h2-4,7,10-11H,5-6,8-9H2,1H3,(H,22,23,24). The SMILES string of the molecule is CC1CCN(c2ccnc(Nc3ccc(Cl)c(C(F)(F)F)c3)n2)CC1. The van der Waals surface area contributed by atoms with Crippen molar-refractivity contribution >= 4 is 29.1 Å². The summed E-state index contributed by atoms with van der Waals surface area (Å²) < 4.78 is 38.9. The number of nitrogens with zero attached hydrogens (tertiary/aromatic N) is 3. The highest BCUT2D eigenvalue weighted by Gasteiger charge is 2.33. The Labute approximate surface area is 149 Å².